The zero-order chi connectivity index (χ0) is 12.3. The molecule has 0 fully saturated rings. The highest BCUT2D eigenvalue weighted by molar-refractivity contribution is 9.10. The maximum atomic E-state index is 8.96. The molecule has 2 aromatic rings. The second kappa shape index (κ2) is 5.39. The van der Waals surface area contributed by atoms with Gasteiger partial charge in [-0.05, 0) is 46.3 Å². The van der Waals surface area contributed by atoms with Crippen LogP contribution in [0.1, 0.15) is 11.3 Å². The fraction of sp³-hybridized carbons (Fsp3) is 0.0833. The molecule has 0 aliphatic carbocycles. The van der Waals surface area contributed by atoms with Gasteiger partial charge in [0.25, 0.3) is 0 Å². The Labute approximate surface area is 115 Å². The number of rotatable bonds is 3. The number of hydrogen-bond donors (Lipinski definition) is 0. The van der Waals surface area contributed by atoms with E-state index in [1.807, 2.05) is 12.1 Å². The summed E-state index contributed by atoms with van der Waals surface area (Å²) >= 11 is 6.52. The van der Waals surface area contributed by atoms with E-state index < -0.39 is 0 Å². The molecule has 1 heterocycles. The van der Waals surface area contributed by atoms with Gasteiger partial charge in [0.15, 0.2) is 4.67 Å². The Kier molecular flexibility index (Phi) is 3.87. The molecule has 0 saturated heterocycles. The molecule has 1 aromatic heterocycles. The number of furan rings is 1. The first-order valence-corrected chi connectivity index (χ1v) is 6.34. The minimum absolute atomic E-state index is 0.294. The Bertz CT molecular complexity index is 572. The minimum Gasteiger partial charge on any atom is -0.484 e. The standard InChI is InChI=1S/C12H7Br2NO2/c13-9-1-3-11(8(5-9)6-15)16-7-10-2-4-12(14)17-10/h1-5H,7H2. The van der Waals surface area contributed by atoms with Crippen LogP contribution in [0.3, 0.4) is 0 Å². The van der Waals surface area contributed by atoms with Crippen molar-refractivity contribution >= 4 is 31.9 Å². The lowest BCUT2D eigenvalue weighted by Gasteiger charge is -2.06. The molecule has 0 N–H and O–H groups in total. The SMILES string of the molecule is N#Cc1cc(Br)ccc1OCc1ccc(Br)o1. The molecule has 0 aliphatic rings. The van der Waals surface area contributed by atoms with E-state index in [2.05, 4.69) is 37.9 Å². The van der Waals surface area contributed by atoms with E-state index in [9.17, 15) is 0 Å². The molecule has 17 heavy (non-hydrogen) atoms. The van der Waals surface area contributed by atoms with Crippen LogP contribution in [0.15, 0.2) is 43.9 Å². The summed E-state index contributed by atoms with van der Waals surface area (Å²) in [5.41, 5.74) is 0.491. The predicted octanol–water partition coefficient (Wildman–Crippen LogP) is 4.26. The fourth-order valence-electron chi connectivity index (χ4n) is 1.29. The van der Waals surface area contributed by atoms with Gasteiger partial charge < -0.3 is 9.15 Å². The third-order valence-corrected chi connectivity index (χ3v) is 2.98. The molecule has 0 aliphatic heterocycles. The number of halogens is 2. The molecule has 0 spiro atoms. The minimum atomic E-state index is 0.294. The molecule has 0 bridgehead atoms. The van der Waals surface area contributed by atoms with Crippen molar-refractivity contribution in [3.63, 3.8) is 0 Å². The summed E-state index contributed by atoms with van der Waals surface area (Å²) in [4.78, 5) is 0. The molecule has 0 radical (unpaired) electrons. The molecule has 2 rings (SSSR count). The van der Waals surface area contributed by atoms with Gasteiger partial charge in [-0.15, -0.1) is 0 Å². The van der Waals surface area contributed by atoms with Crippen molar-refractivity contribution in [2.24, 2.45) is 0 Å². The molecule has 1 aromatic carbocycles. The topological polar surface area (TPSA) is 46.2 Å². The van der Waals surface area contributed by atoms with Crippen molar-refractivity contribution in [3.8, 4) is 11.8 Å². The molecule has 86 valence electrons. The van der Waals surface area contributed by atoms with E-state index in [0.29, 0.717) is 28.3 Å². The Balaban J connectivity index is 2.12. The molecule has 5 heteroatoms. The van der Waals surface area contributed by atoms with Crippen molar-refractivity contribution < 1.29 is 9.15 Å². The predicted molar refractivity (Wildman–Crippen MR) is 69.6 cm³/mol. The van der Waals surface area contributed by atoms with Crippen molar-refractivity contribution in [1.29, 1.82) is 5.26 Å². The summed E-state index contributed by atoms with van der Waals surface area (Å²) in [5, 5.41) is 8.96. The lowest BCUT2D eigenvalue weighted by atomic mass is 10.2. The van der Waals surface area contributed by atoms with Crippen LogP contribution in [0.5, 0.6) is 5.75 Å². The third-order valence-electron chi connectivity index (χ3n) is 2.06. The summed E-state index contributed by atoms with van der Waals surface area (Å²) in [6.45, 7) is 0.294. The van der Waals surface area contributed by atoms with Gasteiger partial charge in [0.2, 0.25) is 0 Å². The van der Waals surface area contributed by atoms with Gasteiger partial charge in [-0.25, -0.2) is 0 Å². The highest BCUT2D eigenvalue weighted by Gasteiger charge is 2.06. The lowest BCUT2D eigenvalue weighted by molar-refractivity contribution is 0.267. The maximum absolute atomic E-state index is 8.96. The van der Waals surface area contributed by atoms with Crippen LogP contribution in [0.25, 0.3) is 0 Å². The molecular weight excluding hydrogens is 350 g/mol. The molecular formula is C12H7Br2NO2. The van der Waals surface area contributed by atoms with E-state index in [4.69, 9.17) is 14.4 Å². The molecule has 0 saturated carbocycles. The van der Waals surface area contributed by atoms with E-state index in [0.717, 1.165) is 4.47 Å². The fourth-order valence-corrected chi connectivity index (χ4v) is 1.99. The van der Waals surface area contributed by atoms with Gasteiger partial charge in [-0.3, -0.25) is 0 Å². The third kappa shape index (κ3) is 3.11. The number of nitrogens with zero attached hydrogens (tertiary/aromatic N) is 1. The first-order valence-electron chi connectivity index (χ1n) is 4.75. The van der Waals surface area contributed by atoms with Crippen molar-refractivity contribution in [1.82, 2.24) is 0 Å². The smallest absolute Gasteiger partial charge is 0.169 e. The number of benzene rings is 1. The normalized spacial score (nSPS) is 9.94. The van der Waals surface area contributed by atoms with E-state index >= 15 is 0 Å². The molecule has 3 nitrogen and oxygen atoms in total. The summed E-state index contributed by atoms with van der Waals surface area (Å²) in [6.07, 6.45) is 0. The quantitative estimate of drug-likeness (QED) is 0.825. The highest BCUT2D eigenvalue weighted by Crippen LogP contribution is 2.24. The monoisotopic (exact) mass is 355 g/mol. The lowest BCUT2D eigenvalue weighted by Crippen LogP contribution is -1.95. The second-order valence-corrected chi connectivity index (χ2v) is 4.94. The Morgan fingerprint density at radius 1 is 1.24 bits per heavy atom. The van der Waals surface area contributed by atoms with Gasteiger partial charge in [0.05, 0.1) is 5.56 Å². The Hall–Kier alpha value is -1.25. The van der Waals surface area contributed by atoms with Gasteiger partial charge in [-0.2, -0.15) is 5.26 Å². The first-order chi connectivity index (χ1) is 8.19. The van der Waals surface area contributed by atoms with Crippen molar-refractivity contribution in [2.75, 3.05) is 0 Å². The number of ether oxygens (including phenoxy) is 1. The average molecular weight is 357 g/mol. The average Bonchev–Trinajstić information content (AvgIpc) is 2.73. The highest BCUT2D eigenvalue weighted by atomic mass is 79.9. The van der Waals surface area contributed by atoms with Crippen LogP contribution in [0.4, 0.5) is 0 Å². The van der Waals surface area contributed by atoms with Gasteiger partial charge in [-0.1, -0.05) is 15.9 Å². The van der Waals surface area contributed by atoms with Crippen LogP contribution >= 0.6 is 31.9 Å². The second-order valence-electron chi connectivity index (χ2n) is 3.25. The van der Waals surface area contributed by atoms with Crippen LogP contribution in [-0.4, -0.2) is 0 Å². The molecule has 0 atom stereocenters. The van der Waals surface area contributed by atoms with Crippen LogP contribution < -0.4 is 4.74 Å². The summed E-state index contributed by atoms with van der Waals surface area (Å²) in [7, 11) is 0. The zero-order valence-corrected chi connectivity index (χ0v) is 11.8. The number of hydrogen-bond acceptors (Lipinski definition) is 3. The number of nitriles is 1. The molecule has 0 unspecified atom stereocenters. The summed E-state index contributed by atoms with van der Waals surface area (Å²) in [6, 6.07) is 11.0. The largest absolute Gasteiger partial charge is 0.484 e. The molecule has 0 amide bonds. The Morgan fingerprint density at radius 2 is 2.06 bits per heavy atom. The summed E-state index contributed by atoms with van der Waals surface area (Å²) in [5.74, 6) is 1.24. The van der Waals surface area contributed by atoms with Crippen molar-refractivity contribution in [3.05, 3.63) is 50.8 Å². The van der Waals surface area contributed by atoms with E-state index in [1.54, 1.807) is 18.2 Å². The van der Waals surface area contributed by atoms with Crippen molar-refractivity contribution in [2.45, 2.75) is 6.61 Å². The Morgan fingerprint density at radius 3 is 2.71 bits per heavy atom. The van der Waals surface area contributed by atoms with Crippen LogP contribution in [-0.2, 0) is 6.61 Å². The van der Waals surface area contributed by atoms with Gasteiger partial charge in [0, 0.05) is 4.47 Å². The van der Waals surface area contributed by atoms with E-state index in [1.165, 1.54) is 0 Å². The first kappa shape index (κ1) is 12.2. The maximum Gasteiger partial charge on any atom is 0.169 e. The van der Waals surface area contributed by atoms with E-state index in [-0.39, 0.29) is 0 Å². The van der Waals surface area contributed by atoms with Crippen LogP contribution in [0, 0.1) is 11.3 Å². The van der Waals surface area contributed by atoms with Crippen LogP contribution in [0.2, 0.25) is 0 Å². The summed E-state index contributed by atoms with van der Waals surface area (Å²) < 4.78 is 12.3. The van der Waals surface area contributed by atoms with Gasteiger partial charge >= 0.3 is 0 Å². The van der Waals surface area contributed by atoms with Gasteiger partial charge in [0.1, 0.15) is 24.2 Å². The zero-order valence-electron chi connectivity index (χ0n) is 8.61.